The van der Waals surface area contributed by atoms with E-state index in [2.05, 4.69) is 18.7 Å². The van der Waals surface area contributed by atoms with Crippen molar-refractivity contribution in [2.45, 2.75) is 39.7 Å². The fraction of sp³-hybridized carbons (Fsp3) is 0.375. The van der Waals surface area contributed by atoms with E-state index in [1.807, 2.05) is 49.4 Å². The minimum absolute atomic E-state index is 0.600. The Balaban J connectivity index is 2.11. The molecular weight excluding hydrogens is 403 g/mol. The maximum atomic E-state index is 11.2. The Kier molecular flexibility index (Phi) is 7.53. The lowest BCUT2D eigenvalue weighted by molar-refractivity contribution is 0.114. The zero-order valence-electron chi connectivity index (χ0n) is 17.3. The number of hydrogen-bond acceptors (Lipinski definition) is 3. The van der Waals surface area contributed by atoms with E-state index in [4.69, 9.17) is 28.2 Å². The summed E-state index contributed by atoms with van der Waals surface area (Å²) in [5, 5.41) is 13.5. The number of hydrogen-bond donors (Lipinski definition) is 1. The number of aromatic nitrogens is 1. The number of aryl methyl sites for hydroxylation is 1. The van der Waals surface area contributed by atoms with Gasteiger partial charge < -0.3 is 10.0 Å². The highest BCUT2D eigenvalue weighted by molar-refractivity contribution is 6.32. The van der Waals surface area contributed by atoms with Crippen LogP contribution in [0.5, 0.6) is 0 Å². The number of benzene rings is 2. The van der Waals surface area contributed by atoms with E-state index in [0.29, 0.717) is 16.6 Å². The van der Waals surface area contributed by atoms with Crippen LogP contribution in [0.1, 0.15) is 43.9 Å². The Bertz CT molecular complexity index is 967. The lowest BCUT2D eigenvalue weighted by atomic mass is 9.98. The molecule has 0 aliphatic rings. The minimum atomic E-state index is -0.606. The SMILES string of the molecule is CCCN(CCC)CC(O)c1cc(-c2ccc(Cl)cc2)nc2c(C)c(Cl)ccc12. The third kappa shape index (κ3) is 5.10. The number of pyridine rings is 1. The molecule has 1 unspecified atom stereocenters. The van der Waals surface area contributed by atoms with E-state index in [-0.39, 0.29) is 0 Å². The van der Waals surface area contributed by atoms with Crippen molar-refractivity contribution in [3.63, 3.8) is 0 Å². The van der Waals surface area contributed by atoms with Crippen LogP contribution in [0.2, 0.25) is 10.0 Å². The highest BCUT2D eigenvalue weighted by Gasteiger charge is 2.19. The maximum Gasteiger partial charge on any atom is 0.0924 e. The van der Waals surface area contributed by atoms with Gasteiger partial charge in [0.15, 0.2) is 0 Å². The molecule has 0 aliphatic heterocycles. The van der Waals surface area contributed by atoms with E-state index in [0.717, 1.165) is 59.2 Å². The largest absolute Gasteiger partial charge is 0.387 e. The second-order valence-corrected chi connectivity index (χ2v) is 8.33. The van der Waals surface area contributed by atoms with Gasteiger partial charge in [0, 0.05) is 27.5 Å². The third-order valence-electron chi connectivity index (χ3n) is 5.21. The minimum Gasteiger partial charge on any atom is -0.387 e. The lowest BCUT2D eigenvalue weighted by Gasteiger charge is -2.25. The predicted molar refractivity (Wildman–Crippen MR) is 124 cm³/mol. The first kappa shape index (κ1) is 22.0. The van der Waals surface area contributed by atoms with Crippen molar-refractivity contribution in [3.8, 4) is 11.3 Å². The van der Waals surface area contributed by atoms with Crippen molar-refractivity contribution >= 4 is 34.1 Å². The number of nitrogens with zero attached hydrogens (tertiary/aromatic N) is 2. The smallest absolute Gasteiger partial charge is 0.0924 e. The molecule has 5 heteroatoms. The molecule has 1 atom stereocenters. The van der Waals surface area contributed by atoms with Gasteiger partial charge in [-0.15, -0.1) is 0 Å². The van der Waals surface area contributed by atoms with Crippen molar-refractivity contribution in [2.75, 3.05) is 19.6 Å². The number of rotatable bonds is 8. The monoisotopic (exact) mass is 430 g/mol. The molecule has 2 aromatic carbocycles. The molecule has 29 heavy (non-hydrogen) atoms. The molecule has 1 aromatic heterocycles. The van der Waals surface area contributed by atoms with Crippen LogP contribution in [0, 0.1) is 6.92 Å². The van der Waals surface area contributed by atoms with Crippen molar-refractivity contribution in [1.82, 2.24) is 9.88 Å². The highest BCUT2D eigenvalue weighted by Crippen LogP contribution is 2.33. The van der Waals surface area contributed by atoms with Gasteiger partial charge in [-0.1, -0.05) is 55.2 Å². The first-order valence-corrected chi connectivity index (χ1v) is 11.0. The van der Waals surface area contributed by atoms with Gasteiger partial charge in [0.1, 0.15) is 0 Å². The molecule has 0 fully saturated rings. The van der Waals surface area contributed by atoms with Gasteiger partial charge in [-0.05, 0) is 68.2 Å². The van der Waals surface area contributed by atoms with Gasteiger partial charge in [-0.3, -0.25) is 0 Å². The molecule has 0 aliphatic carbocycles. The quantitative estimate of drug-likeness (QED) is 0.433. The predicted octanol–water partition coefficient (Wildman–Crippen LogP) is 6.67. The molecule has 3 aromatic rings. The third-order valence-corrected chi connectivity index (χ3v) is 5.87. The Labute approximate surface area is 183 Å². The zero-order chi connectivity index (χ0) is 21.0. The van der Waals surface area contributed by atoms with Crippen molar-refractivity contribution < 1.29 is 5.11 Å². The Hall–Kier alpha value is -1.65. The summed E-state index contributed by atoms with van der Waals surface area (Å²) in [7, 11) is 0. The Morgan fingerprint density at radius 1 is 1.00 bits per heavy atom. The maximum absolute atomic E-state index is 11.2. The molecule has 0 bridgehead atoms. The van der Waals surface area contributed by atoms with Crippen molar-refractivity contribution in [2.24, 2.45) is 0 Å². The van der Waals surface area contributed by atoms with Crippen molar-refractivity contribution in [1.29, 1.82) is 0 Å². The van der Waals surface area contributed by atoms with Gasteiger partial charge in [-0.25, -0.2) is 4.98 Å². The molecule has 0 saturated heterocycles. The summed E-state index contributed by atoms with van der Waals surface area (Å²) in [5.41, 5.74) is 4.41. The number of halogens is 2. The molecule has 0 saturated carbocycles. The van der Waals surface area contributed by atoms with Gasteiger partial charge in [0.25, 0.3) is 0 Å². The van der Waals surface area contributed by atoms with Gasteiger partial charge in [0.2, 0.25) is 0 Å². The standard InChI is InChI=1S/C24H28Cl2N2O/c1-4-12-28(13-5-2)15-23(29)20-14-22(17-6-8-18(25)9-7-17)27-24-16(3)21(26)11-10-19(20)24/h6-11,14,23,29H,4-5,12-13,15H2,1-3H3. The highest BCUT2D eigenvalue weighted by atomic mass is 35.5. The van der Waals surface area contributed by atoms with E-state index in [1.54, 1.807) is 0 Å². The summed E-state index contributed by atoms with van der Waals surface area (Å²) in [6, 6.07) is 13.5. The number of fused-ring (bicyclic) bond motifs is 1. The average molecular weight is 431 g/mol. The molecule has 1 N–H and O–H groups in total. The molecule has 1 heterocycles. The second-order valence-electron chi connectivity index (χ2n) is 7.49. The average Bonchev–Trinajstić information content (AvgIpc) is 2.71. The van der Waals surface area contributed by atoms with Crippen LogP contribution in [0.15, 0.2) is 42.5 Å². The van der Waals surface area contributed by atoms with Crippen molar-refractivity contribution in [3.05, 3.63) is 63.6 Å². The van der Waals surface area contributed by atoms with Crippen LogP contribution in [0.25, 0.3) is 22.2 Å². The van der Waals surface area contributed by atoms with E-state index < -0.39 is 6.10 Å². The summed E-state index contributed by atoms with van der Waals surface area (Å²) in [6.07, 6.45) is 1.52. The summed E-state index contributed by atoms with van der Waals surface area (Å²) in [4.78, 5) is 7.20. The first-order chi connectivity index (χ1) is 13.9. The van der Waals surface area contributed by atoms with Crippen LogP contribution in [-0.2, 0) is 0 Å². The zero-order valence-corrected chi connectivity index (χ0v) is 18.8. The van der Waals surface area contributed by atoms with Gasteiger partial charge >= 0.3 is 0 Å². The summed E-state index contributed by atoms with van der Waals surface area (Å²) in [5.74, 6) is 0. The number of aliphatic hydroxyl groups excluding tert-OH is 1. The molecule has 3 rings (SSSR count). The van der Waals surface area contributed by atoms with Crippen LogP contribution < -0.4 is 0 Å². The summed E-state index contributed by atoms with van der Waals surface area (Å²) < 4.78 is 0. The van der Waals surface area contributed by atoms with Crippen LogP contribution in [0.3, 0.4) is 0 Å². The molecule has 154 valence electrons. The second kappa shape index (κ2) is 9.90. The van der Waals surface area contributed by atoms with Crippen LogP contribution in [-0.4, -0.2) is 34.6 Å². The van der Waals surface area contributed by atoms with Gasteiger partial charge in [0.05, 0.1) is 17.3 Å². The van der Waals surface area contributed by atoms with E-state index >= 15 is 0 Å². The molecule has 0 amide bonds. The summed E-state index contributed by atoms with van der Waals surface area (Å²) in [6.45, 7) is 8.86. The normalized spacial score (nSPS) is 12.7. The summed E-state index contributed by atoms with van der Waals surface area (Å²) >= 11 is 12.4. The topological polar surface area (TPSA) is 36.4 Å². The first-order valence-electron chi connectivity index (χ1n) is 10.2. The number of aliphatic hydroxyl groups is 1. The van der Waals surface area contributed by atoms with Crippen LogP contribution in [0.4, 0.5) is 0 Å². The Morgan fingerprint density at radius 2 is 1.66 bits per heavy atom. The fourth-order valence-electron chi connectivity index (χ4n) is 3.74. The Morgan fingerprint density at radius 3 is 2.28 bits per heavy atom. The molecule has 0 radical (unpaired) electrons. The van der Waals surface area contributed by atoms with E-state index in [9.17, 15) is 5.11 Å². The molecule has 3 nitrogen and oxygen atoms in total. The van der Waals surface area contributed by atoms with Gasteiger partial charge in [-0.2, -0.15) is 0 Å². The molecule has 0 spiro atoms. The lowest BCUT2D eigenvalue weighted by Crippen LogP contribution is -2.30. The van der Waals surface area contributed by atoms with E-state index in [1.165, 1.54) is 0 Å². The van der Waals surface area contributed by atoms with Crippen LogP contribution >= 0.6 is 23.2 Å². The fourth-order valence-corrected chi connectivity index (χ4v) is 4.02. The molecular formula is C24H28Cl2N2O.